The fourth-order valence-corrected chi connectivity index (χ4v) is 5.08. The first-order valence-corrected chi connectivity index (χ1v) is 9.00. The van der Waals surface area contributed by atoms with E-state index >= 15 is 0 Å². The van der Waals surface area contributed by atoms with Crippen molar-refractivity contribution in [2.75, 3.05) is 26.2 Å². The van der Waals surface area contributed by atoms with E-state index in [2.05, 4.69) is 4.98 Å². The molecular weight excluding hydrogens is 304 g/mol. The molecule has 0 N–H and O–H groups in total. The minimum absolute atomic E-state index is 0.0742. The number of rotatable bonds is 2. The standard InChI is InChI=1S/C14H22N4O3S/c1-12(19)17-6-3-4-14(9-17)5-7-18(10-14)22(20,21)13-8-16(2)11-15-13/h8,11H,3-7,9-10H2,1-2H3. The minimum Gasteiger partial charge on any atom is -0.342 e. The first-order chi connectivity index (χ1) is 10.3. The molecule has 0 radical (unpaired) electrons. The summed E-state index contributed by atoms with van der Waals surface area (Å²) < 4.78 is 28.5. The Morgan fingerprint density at radius 2 is 2.05 bits per heavy atom. The van der Waals surface area contributed by atoms with Gasteiger partial charge in [0.2, 0.25) is 5.91 Å². The number of carbonyl (C=O) groups excluding carboxylic acids is 1. The average Bonchev–Trinajstić information content (AvgIpc) is 3.07. The molecule has 0 bridgehead atoms. The Balaban J connectivity index is 1.78. The zero-order valence-electron chi connectivity index (χ0n) is 13.0. The zero-order chi connectivity index (χ0) is 16.0. The maximum Gasteiger partial charge on any atom is 0.262 e. The summed E-state index contributed by atoms with van der Waals surface area (Å²) in [5, 5.41) is 0.103. The van der Waals surface area contributed by atoms with Crippen LogP contribution in [0.25, 0.3) is 0 Å². The van der Waals surface area contributed by atoms with Gasteiger partial charge in [-0.15, -0.1) is 0 Å². The van der Waals surface area contributed by atoms with E-state index in [1.807, 2.05) is 4.90 Å². The van der Waals surface area contributed by atoms with Gasteiger partial charge in [0.1, 0.15) is 0 Å². The predicted octanol–water partition coefficient (Wildman–Crippen LogP) is 0.443. The summed E-state index contributed by atoms with van der Waals surface area (Å²) in [5.41, 5.74) is -0.0915. The lowest BCUT2D eigenvalue weighted by molar-refractivity contribution is -0.132. The summed E-state index contributed by atoms with van der Waals surface area (Å²) in [5.74, 6) is 0.0742. The molecular formula is C14H22N4O3S. The first kappa shape index (κ1) is 15.5. The largest absolute Gasteiger partial charge is 0.342 e. The number of sulfonamides is 1. The maximum atomic E-state index is 12.7. The van der Waals surface area contributed by atoms with Crippen molar-refractivity contribution in [3.05, 3.63) is 12.5 Å². The van der Waals surface area contributed by atoms with Crippen LogP contribution in [0.3, 0.4) is 0 Å². The van der Waals surface area contributed by atoms with E-state index in [4.69, 9.17) is 0 Å². The first-order valence-electron chi connectivity index (χ1n) is 7.56. The van der Waals surface area contributed by atoms with Gasteiger partial charge in [-0.3, -0.25) is 4.79 Å². The summed E-state index contributed by atoms with van der Waals surface area (Å²) in [6, 6.07) is 0. The molecule has 1 unspecified atom stereocenters. The normalized spacial score (nSPS) is 26.7. The number of hydrogen-bond acceptors (Lipinski definition) is 4. The van der Waals surface area contributed by atoms with E-state index in [9.17, 15) is 13.2 Å². The number of amides is 1. The third-order valence-electron chi connectivity index (χ3n) is 4.80. The molecule has 1 spiro atoms. The SMILES string of the molecule is CC(=O)N1CCCC2(CCN(S(=O)(=O)c3cn(C)cn3)C2)C1. The van der Waals surface area contributed by atoms with Crippen molar-refractivity contribution in [2.45, 2.75) is 31.2 Å². The molecule has 2 aliphatic heterocycles. The Hall–Kier alpha value is -1.41. The van der Waals surface area contributed by atoms with Gasteiger partial charge >= 0.3 is 0 Å². The van der Waals surface area contributed by atoms with E-state index < -0.39 is 10.0 Å². The van der Waals surface area contributed by atoms with Crippen LogP contribution in [-0.2, 0) is 21.9 Å². The highest BCUT2D eigenvalue weighted by atomic mass is 32.2. The van der Waals surface area contributed by atoms with Crippen molar-refractivity contribution in [1.82, 2.24) is 18.8 Å². The van der Waals surface area contributed by atoms with Crippen molar-refractivity contribution in [3.63, 3.8) is 0 Å². The lowest BCUT2D eigenvalue weighted by atomic mass is 9.79. The molecule has 2 fully saturated rings. The molecule has 8 heteroatoms. The van der Waals surface area contributed by atoms with Gasteiger partial charge in [-0.05, 0) is 19.3 Å². The van der Waals surface area contributed by atoms with Gasteiger partial charge in [0.05, 0.1) is 6.33 Å². The van der Waals surface area contributed by atoms with E-state index in [1.54, 1.807) is 18.5 Å². The van der Waals surface area contributed by atoms with E-state index in [1.165, 1.54) is 16.8 Å². The molecule has 1 amide bonds. The number of aromatic nitrogens is 2. The van der Waals surface area contributed by atoms with Crippen molar-refractivity contribution >= 4 is 15.9 Å². The van der Waals surface area contributed by atoms with Gasteiger partial charge in [0.25, 0.3) is 10.0 Å². The van der Waals surface area contributed by atoms with Crippen molar-refractivity contribution in [3.8, 4) is 0 Å². The number of imidazole rings is 1. The van der Waals surface area contributed by atoms with Crippen molar-refractivity contribution in [2.24, 2.45) is 12.5 Å². The van der Waals surface area contributed by atoms with Crippen LogP contribution in [0.1, 0.15) is 26.2 Å². The van der Waals surface area contributed by atoms with Crippen LogP contribution in [-0.4, -0.2) is 59.3 Å². The smallest absolute Gasteiger partial charge is 0.262 e. The summed E-state index contributed by atoms with van der Waals surface area (Å²) in [7, 11) is -1.78. The van der Waals surface area contributed by atoms with Crippen LogP contribution < -0.4 is 0 Å². The van der Waals surface area contributed by atoms with E-state index in [0.29, 0.717) is 19.6 Å². The second kappa shape index (κ2) is 5.34. The van der Waals surface area contributed by atoms with Crippen molar-refractivity contribution in [1.29, 1.82) is 0 Å². The molecule has 2 aliphatic rings. The molecule has 7 nitrogen and oxygen atoms in total. The molecule has 1 aromatic rings. The Morgan fingerprint density at radius 1 is 1.27 bits per heavy atom. The third kappa shape index (κ3) is 2.65. The highest BCUT2D eigenvalue weighted by Crippen LogP contribution is 2.40. The average molecular weight is 326 g/mol. The summed E-state index contributed by atoms with van der Waals surface area (Å²) in [4.78, 5) is 17.4. The van der Waals surface area contributed by atoms with Crippen LogP contribution in [0.2, 0.25) is 0 Å². The van der Waals surface area contributed by atoms with Gasteiger partial charge in [-0.1, -0.05) is 0 Å². The number of aryl methyl sites for hydroxylation is 1. The van der Waals surface area contributed by atoms with Gasteiger partial charge in [-0.2, -0.15) is 4.31 Å². The van der Waals surface area contributed by atoms with Gasteiger partial charge in [-0.25, -0.2) is 13.4 Å². The number of likely N-dealkylation sites (tertiary alicyclic amines) is 1. The predicted molar refractivity (Wildman–Crippen MR) is 80.5 cm³/mol. The molecule has 3 rings (SSSR count). The molecule has 1 atom stereocenters. The minimum atomic E-state index is -3.53. The van der Waals surface area contributed by atoms with Crippen LogP contribution in [0.4, 0.5) is 0 Å². The summed E-state index contributed by atoms with van der Waals surface area (Å²) >= 11 is 0. The summed E-state index contributed by atoms with van der Waals surface area (Å²) in [6.45, 7) is 4.01. The molecule has 0 aromatic carbocycles. The number of piperidine rings is 1. The Bertz CT molecular complexity index is 684. The van der Waals surface area contributed by atoms with Gasteiger partial charge in [0, 0.05) is 51.8 Å². The van der Waals surface area contributed by atoms with Crippen LogP contribution in [0.15, 0.2) is 17.6 Å². The number of carbonyl (C=O) groups is 1. The zero-order valence-corrected chi connectivity index (χ0v) is 13.8. The second-order valence-electron chi connectivity index (χ2n) is 6.51. The summed E-state index contributed by atoms with van der Waals surface area (Å²) in [6.07, 6.45) is 5.75. The highest BCUT2D eigenvalue weighted by Gasteiger charge is 2.46. The van der Waals surface area contributed by atoms with E-state index in [0.717, 1.165) is 25.8 Å². The topological polar surface area (TPSA) is 75.5 Å². The number of nitrogens with zero attached hydrogens (tertiary/aromatic N) is 4. The molecule has 122 valence electrons. The maximum absolute atomic E-state index is 12.7. The van der Waals surface area contributed by atoms with Crippen molar-refractivity contribution < 1.29 is 13.2 Å². The Labute approximate surface area is 131 Å². The second-order valence-corrected chi connectivity index (χ2v) is 8.39. The molecule has 0 aliphatic carbocycles. The van der Waals surface area contributed by atoms with E-state index in [-0.39, 0.29) is 16.3 Å². The van der Waals surface area contributed by atoms with Gasteiger partial charge in [0.15, 0.2) is 5.03 Å². The fraction of sp³-hybridized carbons (Fsp3) is 0.714. The lowest BCUT2D eigenvalue weighted by Crippen LogP contribution is -2.47. The van der Waals surface area contributed by atoms with Gasteiger partial charge < -0.3 is 9.47 Å². The van der Waals surface area contributed by atoms with Crippen LogP contribution >= 0.6 is 0 Å². The third-order valence-corrected chi connectivity index (χ3v) is 6.53. The molecule has 0 saturated carbocycles. The molecule has 1 aromatic heterocycles. The monoisotopic (exact) mass is 326 g/mol. The molecule has 3 heterocycles. The number of hydrogen-bond donors (Lipinski definition) is 0. The quantitative estimate of drug-likeness (QED) is 0.790. The molecule has 22 heavy (non-hydrogen) atoms. The van der Waals surface area contributed by atoms with Crippen LogP contribution in [0.5, 0.6) is 0 Å². The Kier molecular flexibility index (Phi) is 3.76. The Morgan fingerprint density at radius 3 is 2.68 bits per heavy atom. The molecule has 2 saturated heterocycles. The highest BCUT2D eigenvalue weighted by molar-refractivity contribution is 7.89. The van der Waals surface area contributed by atoms with Crippen LogP contribution in [0, 0.1) is 5.41 Å². The fourth-order valence-electron chi connectivity index (χ4n) is 3.56. The lowest BCUT2D eigenvalue weighted by Gasteiger charge is -2.40.